The normalized spacial score (nSPS) is 25.0. The highest BCUT2D eigenvalue weighted by atomic mass is 16.2. The summed E-state index contributed by atoms with van der Waals surface area (Å²) in [7, 11) is 0. The Morgan fingerprint density at radius 1 is 1.24 bits per heavy atom. The van der Waals surface area contributed by atoms with Crippen molar-refractivity contribution >= 4 is 5.91 Å². The first-order valence-electron chi connectivity index (χ1n) is 7.37. The number of likely N-dealkylation sites (tertiary alicyclic amines) is 1. The molecule has 4 rings (SSSR count). The van der Waals surface area contributed by atoms with Crippen molar-refractivity contribution in [3.8, 4) is 5.69 Å². The fourth-order valence-corrected chi connectivity index (χ4v) is 3.40. The predicted molar refractivity (Wildman–Crippen MR) is 78.8 cm³/mol. The minimum atomic E-state index is 0.204. The minimum absolute atomic E-state index is 0.204. The maximum Gasteiger partial charge on any atom is 0.224 e. The highest BCUT2D eigenvalue weighted by Crippen LogP contribution is 2.28. The van der Waals surface area contributed by atoms with Gasteiger partial charge >= 0.3 is 0 Å². The summed E-state index contributed by atoms with van der Waals surface area (Å²) in [6.45, 7) is 3.68. The lowest BCUT2D eigenvalue weighted by molar-refractivity contribution is -0.122. The number of amides is 1. The molecule has 2 aromatic rings. The summed E-state index contributed by atoms with van der Waals surface area (Å²) in [5.74, 6) is 0.941. The molecule has 5 nitrogen and oxygen atoms in total. The van der Waals surface area contributed by atoms with Crippen LogP contribution in [0.25, 0.3) is 5.69 Å². The van der Waals surface area contributed by atoms with Crippen molar-refractivity contribution in [3.63, 3.8) is 0 Å². The Morgan fingerprint density at radius 2 is 2.10 bits per heavy atom. The van der Waals surface area contributed by atoms with E-state index in [0.29, 0.717) is 5.92 Å². The van der Waals surface area contributed by atoms with E-state index in [-0.39, 0.29) is 11.8 Å². The van der Waals surface area contributed by atoms with Crippen molar-refractivity contribution in [2.45, 2.75) is 6.54 Å². The first-order valence-corrected chi connectivity index (χ1v) is 7.37. The van der Waals surface area contributed by atoms with Crippen molar-refractivity contribution in [2.24, 2.45) is 11.8 Å². The van der Waals surface area contributed by atoms with Crippen LogP contribution >= 0.6 is 0 Å². The summed E-state index contributed by atoms with van der Waals surface area (Å²) < 4.78 is 1.99. The molecule has 2 aliphatic rings. The van der Waals surface area contributed by atoms with Crippen molar-refractivity contribution in [1.29, 1.82) is 0 Å². The number of rotatable bonds is 3. The SMILES string of the molecule is O=C1NC[C@H]2CN(Cc3ccc(-n4ccnc4)cc3)C[C@@H]12. The van der Waals surface area contributed by atoms with E-state index in [4.69, 9.17) is 0 Å². The molecule has 0 spiro atoms. The largest absolute Gasteiger partial charge is 0.355 e. The van der Waals surface area contributed by atoms with Gasteiger partial charge in [0.2, 0.25) is 5.91 Å². The average molecular weight is 282 g/mol. The maximum atomic E-state index is 11.7. The third-order valence-corrected chi connectivity index (χ3v) is 4.54. The van der Waals surface area contributed by atoms with E-state index >= 15 is 0 Å². The Balaban J connectivity index is 1.43. The summed E-state index contributed by atoms with van der Waals surface area (Å²) in [5, 5.41) is 2.95. The van der Waals surface area contributed by atoms with Gasteiger partial charge in [-0.1, -0.05) is 12.1 Å². The number of carbonyl (C=O) groups excluding carboxylic acids is 1. The highest BCUT2D eigenvalue weighted by Gasteiger charge is 2.41. The maximum absolute atomic E-state index is 11.7. The highest BCUT2D eigenvalue weighted by molar-refractivity contribution is 5.81. The molecule has 2 fully saturated rings. The van der Waals surface area contributed by atoms with Crippen LogP contribution in [-0.4, -0.2) is 40.0 Å². The summed E-state index contributed by atoms with van der Waals surface area (Å²) in [5.41, 5.74) is 2.41. The standard InChI is InChI=1S/C16H18N4O/c21-16-15-10-19(9-13(15)7-18-16)8-12-1-3-14(4-2-12)20-6-5-17-11-20/h1-6,11,13,15H,7-10H2,(H,18,21)/t13-,15+/m0/s1. The van der Waals surface area contributed by atoms with E-state index in [1.54, 1.807) is 12.5 Å². The second-order valence-corrected chi connectivity index (χ2v) is 5.94. The third kappa shape index (κ3) is 2.34. The first-order chi connectivity index (χ1) is 10.3. The van der Waals surface area contributed by atoms with E-state index in [1.807, 2.05) is 10.8 Å². The van der Waals surface area contributed by atoms with Crippen LogP contribution in [-0.2, 0) is 11.3 Å². The molecule has 21 heavy (non-hydrogen) atoms. The van der Waals surface area contributed by atoms with Gasteiger partial charge in [0.05, 0.1) is 12.2 Å². The van der Waals surface area contributed by atoms with Crippen LogP contribution in [0.1, 0.15) is 5.56 Å². The summed E-state index contributed by atoms with van der Waals surface area (Å²) in [4.78, 5) is 18.1. The molecule has 2 atom stereocenters. The topological polar surface area (TPSA) is 50.2 Å². The molecular formula is C16H18N4O. The van der Waals surface area contributed by atoms with Gasteiger partial charge < -0.3 is 9.88 Å². The van der Waals surface area contributed by atoms with Gasteiger partial charge in [0.1, 0.15) is 0 Å². The molecule has 1 aromatic heterocycles. The molecule has 0 bridgehead atoms. The molecule has 2 saturated heterocycles. The molecule has 0 saturated carbocycles. The quantitative estimate of drug-likeness (QED) is 0.915. The molecule has 1 N–H and O–H groups in total. The van der Waals surface area contributed by atoms with Gasteiger partial charge in [-0.2, -0.15) is 0 Å². The van der Waals surface area contributed by atoms with Crippen molar-refractivity contribution in [3.05, 3.63) is 48.5 Å². The Labute approximate surface area is 123 Å². The van der Waals surface area contributed by atoms with Gasteiger partial charge in [0.25, 0.3) is 0 Å². The van der Waals surface area contributed by atoms with Gasteiger partial charge in [0.15, 0.2) is 0 Å². The second kappa shape index (κ2) is 5.00. The lowest BCUT2D eigenvalue weighted by atomic mass is 10.0. The Morgan fingerprint density at radius 3 is 2.81 bits per heavy atom. The molecule has 1 aromatic carbocycles. The van der Waals surface area contributed by atoms with Crippen LogP contribution in [0.3, 0.4) is 0 Å². The first kappa shape index (κ1) is 12.6. The molecule has 5 heteroatoms. The molecule has 2 aliphatic heterocycles. The number of fused-ring (bicyclic) bond motifs is 1. The number of nitrogens with one attached hydrogen (secondary N) is 1. The van der Waals surface area contributed by atoms with Crippen LogP contribution < -0.4 is 5.32 Å². The van der Waals surface area contributed by atoms with E-state index in [1.165, 1.54) is 5.56 Å². The monoisotopic (exact) mass is 282 g/mol. The smallest absolute Gasteiger partial charge is 0.224 e. The Kier molecular flexibility index (Phi) is 3.00. The average Bonchev–Trinajstić information content (AvgIpc) is 3.20. The number of imidazole rings is 1. The number of hydrogen-bond acceptors (Lipinski definition) is 3. The zero-order valence-corrected chi connectivity index (χ0v) is 11.8. The van der Waals surface area contributed by atoms with Gasteiger partial charge in [-0.25, -0.2) is 4.98 Å². The molecular weight excluding hydrogens is 264 g/mol. The zero-order valence-electron chi connectivity index (χ0n) is 11.8. The number of hydrogen-bond donors (Lipinski definition) is 1. The summed E-state index contributed by atoms with van der Waals surface area (Å²) in [6.07, 6.45) is 5.52. The van der Waals surface area contributed by atoms with Crippen molar-refractivity contribution in [1.82, 2.24) is 19.8 Å². The van der Waals surface area contributed by atoms with E-state index in [2.05, 4.69) is 39.5 Å². The lowest BCUT2D eigenvalue weighted by Gasteiger charge is -2.17. The summed E-state index contributed by atoms with van der Waals surface area (Å²) in [6, 6.07) is 8.54. The predicted octanol–water partition coefficient (Wildman–Crippen LogP) is 1.05. The van der Waals surface area contributed by atoms with Crippen molar-refractivity contribution < 1.29 is 4.79 Å². The molecule has 0 unspecified atom stereocenters. The lowest BCUT2D eigenvalue weighted by Crippen LogP contribution is -2.28. The van der Waals surface area contributed by atoms with E-state index in [9.17, 15) is 4.79 Å². The Hall–Kier alpha value is -2.14. The number of nitrogens with zero attached hydrogens (tertiary/aromatic N) is 3. The third-order valence-electron chi connectivity index (χ3n) is 4.54. The van der Waals surface area contributed by atoms with Crippen LogP contribution in [0, 0.1) is 11.8 Å². The zero-order chi connectivity index (χ0) is 14.2. The van der Waals surface area contributed by atoms with Gasteiger partial charge in [-0.15, -0.1) is 0 Å². The number of carbonyl (C=O) groups is 1. The number of benzene rings is 1. The van der Waals surface area contributed by atoms with E-state index < -0.39 is 0 Å². The van der Waals surface area contributed by atoms with Crippen LogP contribution in [0.4, 0.5) is 0 Å². The molecule has 108 valence electrons. The summed E-state index contributed by atoms with van der Waals surface area (Å²) >= 11 is 0. The van der Waals surface area contributed by atoms with Gasteiger partial charge in [-0.3, -0.25) is 9.69 Å². The molecule has 0 aliphatic carbocycles. The van der Waals surface area contributed by atoms with Crippen LogP contribution in [0.5, 0.6) is 0 Å². The molecule has 0 radical (unpaired) electrons. The van der Waals surface area contributed by atoms with Crippen molar-refractivity contribution in [2.75, 3.05) is 19.6 Å². The van der Waals surface area contributed by atoms with Crippen LogP contribution in [0.15, 0.2) is 43.0 Å². The fourth-order valence-electron chi connectivity index (χ4n) is 3.40. The van der Waals surface area contributed by atoms with Crippen LogP contribution in [0.2, 0.25) is 0 Å². The minimum Gasteiger partial charge on any atom is -0.355 e. The van der Waals surface area contributed by atoms with Gasteiger partial charge in [-0.05, 0) is 17.7 Å². The molecule has 3 heterocycles. The fraction of sp³-hybridized carbons (Fsp3) is 0.375. The second-order valence-electron chi connectivity index (χ2n) is 5.94. The van der Waals surface area contributed by atoms with E-state index in [0.717, 1.165) is 31.9 Å². The Bertz CT molecular complexity index is 635. The number of aromatic nitrogens is 2. The van der Waals surface area contributed by atoms with Gasteiger partial charge in [0, 0.05) is 50.2 Å². The molecule has 1 amide bonds.